The first-order valence-corrected chi connectivity index (χ1v) is 8.97. The number of amides is 1. The van der Waals surface area contributed by atoms with Gasteiger partial charge in [0.05, 0.1) is 6.20 Å². The Balaban J connectivity index is 1.59. The van der Waals surface area contributed by atoms with Crippen LogP contribution in [0.4, 0.5) is 0 Å². The molecule has 0 spiro atoms. The maximum Gasteiger partial charge on any atom is 0.251 e. The number of benzene rings is 1. The van der Waals surface area contributed by atoms with E-state index in [0.717, 1.165) is 47.9 Å². The van der Waals surface area contributed by atoms with Gasteiger partial charge in [0.15, 0.2) is 0 Å². The van der Waals surface area contributed by atoms with Gasteiger partial charge in [-0.1, -0.05) is 36.1 Å². The average Bonchev–Trinajstić information content (AvgIpc) is 3.19. The van der Waals surface area contributed by atoms with Crippen LogP contribution in [-0.4, -0.2) is 22.6 Å². The lowest BCUT2D eigenvalue weighted by Gasteiger charge is -2.07. The van der Waals surface area contributed by atoms with Gasteiger partial charge in [0.2, 0.25) is 0 Å². The van der Waals surface area contributed by atoms with Crippen LogP contribution in [0, 0.1) is 18.8 Å². The predicted molar refractivity (Wildman–Crippen MR) is 104 cm³/mol. The largest absolute Gasteiger partial charge is 0.352 e. The lowest BCUT2D eigenvalue weighted by atomic mass is 10.0. The second-order valence-corrected chi connectivity index (χ2v) is 6.38. The van der Waals surface area contributed by atoms with Gasteiger partial charge in [-0.2, -0.15) is 5.10 Å². The smallest absolute Gasteiger partial charge is 0.251 e. The molecule has 2 aromatic rings. The molecular formula is C22H23N3O. The number of rotatable bonds is 5. The predicted octanol–water partition coefficient (Wildman–Crippen LogP) is 3.71. The number of carbonyl (C=O) groups excluding carboxylic acids is 1. The Morgan fingerprint density at radius 1 is 1.31 bits per heavy atom. The van der Waals surface area contributed by atoms with E-state index in [-0.39, 0.29) is 5.91 Å². The molecule has 0 unspecified atom stereocenters. The van der Waals surface area contributed by atoms with Gasteiger partial charge in [-0.15, -0.1) is 0 Å². The van der Waals surface area contributed by atoms with Gasteiger partial charge in [0.25, 0.3) is 5.91 Å². The van der Waals surface area contributed by atoms with Crippen molar-refractivity contribution in [2.24, 2.45) is 0 Å². The molecule has 1 aromatic carbocycles. The summed E-state index contributed by atoms with van der Waals surface area (Å²) < 4.78 is 0. The number of allylic oxidation sites excluding steroid dienone is 4. The molecule has 0 fully saturated rings. The van der Waals surface area contributed by atoms with Crippen molar-refractivity contribution in [3.8, 4) is 11.8 Å². The lowest BCUT2D eigenvalue weighted by molar-refractivity contribution is 0.0953. The monoisotopic (exact) mass is 345 g/mol. The third kappa shape index (κ3) is 4.97. The first-order valence-electron chi connectivity index (χ1n) is 8.97. The number of hydrogen-bond donors (Lipinski definition) is 2. The highest BCUT2D eigenvalue weighted by atomic mass is 16.1. The number of nitrogens with one attached hydrogen (secondary N) is 2. The van der Waals surface area contributed by atoms with Crippen molar-refractivity contribution in [1.82, 2.24) is 15.5 Å². The third-order valence-corrected chi connectivity index (χ3v) is 4.32. The minimum Gasteiger partial charge on any atom is -0.352 e. The highest BCUT2D eigenvalue weighted by molar-refractivity contribution is 5.94. The van der Waals surface area contributed by atoms with Crippen LogP contribution in [0.3, 0.4) is 0 Å². The van der Waals surface area contributed by atoms with Gasteiger partial charge in [-0.25, -0.2) is 0 Å². The Bertz CT molecular complexity index is 880. The quantitative estimate of drug-likeness (QED) is 0.641. The van der Waals surface area contributed by atoms with Crippen molar-refractivity contribution in [3.63, 3.8) is 0 Å². The maximum absolute atomic E-state index is 12.4. The normalized spacial score (nSPS) is 12.9. The van der Waals surface area contributed by atoms with Crippen LogP contribution in [-0.2, 0) is 6.42 Å². The van der Waals surface area contributed by atoms with Gasteiger partial charge >= 0.3 is 0 Å². The molecule has 0 saturated carbocycles. The van der Waals surface area contributed by atoms with Gasteiger partial charge in [-0.05, 0) is 55.9 Å². The summed E-state index contributed by atoms with van der Waals surface area (Å²) in [6.07, 6.45) is 13.9. The minimum absolute atomic E-state index is 0.0583. The van der Waals surface area contributed by atoms with Crippen LogP contribution in [0.15, 0.2) is 54.4 Å². The summed E-state index contributed by atoms with van der Waals surface area (Å²) in [7, 11) is 0. The molecule has 1 aliphatic carbocycles. The minimum atomic E-state index is -0.0583. The van der Waals surface area contributed by atoms with E-state index in [1.54, 1.807) is 0 Å². The zero-order valence-electron chi connectivity index (χ0n) is 15.0. The summed E-state index contributed by atoms with van der Waals surface area (Å²) in [5, 5.41) is 9.69. The van der Waals surface area contributed by atoms with Crippen LogP contribution in [0.2, 0.25) is 0 Å². The molecule has 3 rings (SSSR count). The molecule has 132 valence electrons. The molecule has 4 nitrogen and oxygen atoms in total. The molecule has 1 aromatic heterocycles. The molecule has 0 aliphatic heterocycles. The highest BCUT2D eigenvalue weighted by Gasteiger charge is 2.07. The molecule has 1 heterocycles. The molecule has 26 heavy (non-hydrogen) atoms. The summed E-state index contributed by atoms with van der Waals surface area (Å²) in [6, 6.07) is 5.68. The summed E-state index contributed by atoms with van der Waals surface area (Å²) in [6.45, 7) is 2.65. The van der Waals surface area contributed by atoms with Crippen LogP contribution >= 0.6 is 0 Å². The van der Waals surface area contributed by atoms with E-state index in [1.165, 1.54) is 0 Å². The number of aromatic nitrogens is 2. The Hall–Kier alpha value is -3.06. The van der Waals surface area contributed by atoms with Crippen molar-refractivity contribution in [1.29, 1.82) is 0 Å². The van der Waals surface area contributed by atoms with E-state index >= 15 is 0 Å². The zero-order chi connectivity index (χ0) is 18.2. The maximum atomic E-state index is 12.4. The van der Waals surface area contributed by atoms with Crippen molar-refractivity contribution < 1.29 is 4.79 Å². The number of nitrogens with zero attached hydrogens (tertiary/aromatic N) is 1. The SMILES string of the molecule is Cc1ccc(C(=O)NCCCc2cn[nH]c2)cc1C#CC1=CCCC=C1. The van der Waals surface area contributed by atoms with Crippen molar-refractivity contribution in [2.45, 2.75) is 32.6 Å². The second-order valence-electron chi connectivity index (χ2n) is 6.38. The van der Waals surface area contributed by atoms with E-state index in [2.05, 4.69) is 45.6 Å². The molecule has 2 N–H and O–H groups in total. The molecule has 0 bridgehead atoms. The van der Waals surface area contributed by atoms with E-state index < -0.39 is 0 Å². The van der Waals surface area contributed by atoms with Crippen LogP contribution in [0.5, 0.6) is 0 Å². The van der Waals surface area contributed by atoms with Crippen LogP contribution in [0.1, 0.15) is 46.3 Å². The Kier molecular flexibility index (Phi) is 6.05. The Morgan fingerprint density at radius 2 is 2.23 bits per heavy atom. The van der Waals surface area contributed by atoms with Crippen molar-refractivity contribution >= 4 is 5.91 Å². The molecule has 1 amide bonds. The molecular weight excluding hydrogens is 322 g/mol. The van der Waals surface area contributed by atoms with Gasteiger partial charge in [0.1, 0.15) is 0 Å². The first-order chi connectivity index (χ1) is 12.7. The molecule has 0 radical (unpaired) electrons. The number of aryl methyl sites for hydroxylation is 2. The van der Waals surface area contributed by atoms with E-state index in [0.29, 0.717) is 12.1 Å². The fourth-order valence-electron chi connectivity index (χ4n) is 2.75. The number of H-pyrrole nitrogens is 1. The Labute approximate surface area is 154 Å². The summed E-state index contributed by atoms with van der Waals surface area (Å²) in [5.41, 5.74) is 4.82. The van der Waals surface area contributed by atoms with E-state index in [1.807, 2.05) is 37.5 Å². The zero-order valence-corrected chi connectivity index (χ0v) is 15.0. The first kappa shape index (κ1) is 17.8. The number of carbonyl (C=O) groups is 1. The average molecular weight is 345 g/mol. The topological polar surface area (TPSA) is 57.8 Å². The molecule has 0 atom stereocenters. The van der Waals surface area contributed by atoms with Crippen molar-refractivity contribution in [2.75, 3.05) is 6.54 Å². The van der Waals surface area contributed by atoms with Crippen LogP contribution < -0.4 is 5.32 Å². The fourth-order valence-corrected chi connectivity index (χ4v) is 2.75. The second kappa shape index (κ2) is 8.87. The number of aromatic amines is 1. The van der Waals surface area contributed by atoms with Gasteiger partial charge < -0.3 is 5.32 Å². The van der Waals surface area contributed by atoms with Crippen LogP contribution in [0.25, 0.3) is 0 Å². The molecule has 4 heteroatoms. The number of hydrogen-bond acceptors (Lipinski definition) is 2. The highest BCUT2D eigenvalue weighted by Crippen LogP contribution is 2.12. The van der Waals surface area contributed by atoms with Gasteiger partial charge in [-0.3, -0.25) is 9.89 Å². The van der Waals surface area contributed by atoms with Crippen molar-refractivity contribution in [3.05, 3.63) is 76.6 Å². The summed E-state index contributed by atoms with van der Waals surface area (Å²) in [4.78, 5) is 12.4. The molecule has 0 saturated heterocycles. The fraction of sp³-hybridized carbons (Fsp3) is 0.273. The van der Waals surface area contributed by atoms with E-state index in [9.17, 15) is 4.79 Å². The van der Waals surface area contributed by atoms with E-state index in [4.69, 9.17) is 0 Å². The lowest BCUT2D eigenvalue weighted by Crippen LogP contribution is -2.24. The standard InChI is InChI=1S/C22H23N3O/c1-17-9-11-21(14-20(17)12-10-18-6-3-2-4-7-18)22(26)23-13-5-8-19-15-24-25-16-19/h3,6-7,9,11,14-16H,2,4-5,8,13H2,1H3,(H,23,26)(H,24,25). The third-order valence-electron chi connectivity index (χ3n) is 4.32. The van der Waals surface area contributed by atoms with Gasteiger partial charge in [0, 0.05) is 29.4 Å². The summed E-state index contributed by atoms with van der Waals surface area (Å²) >= 11 is 0. The Morgan fingerprint density at radius 3 is 3.00 bits per heavy atom. The summed E-state index contributed by atoms with van der Waals surface area (Å²) in [5.74, 6) is 6.34. The molecule has 1 aliphatic rings.